The average Bonchev–Trinajstić information content (AvgIpc) is 3.59. The van der Waals surface area contributed by atoms with Gasteiger partial charge in [0, 0.05) is 23.0 Å². The standard InChI is InChI=1S/C36H38N2O6/c1-24-8-6-11-27(18-24)35-37-32(25(2)44-35)23-43-30-13-7-12-29(21-30)41-17-16-38-33-15-14-31(19-28(33)20-34(38)36(39)40)42-22-26-9-4-3-5-10-26/h3-6,8-11,14-15,18-20,29-30H,7,12-13,16-17,21-23H2,1-2H3,(H,39,40). The van der Waals surface area contributed by atoms with Crippen molar-refractivity contribution < 1.29 is 28.5 Å². The molecule has 1 N–H and O–H groups in total. The largest absolute Gasteiger partial charge is 0.489 e. The van der Waals surface area contributed by atoms with Crippen molar-refractivity contribution in [1.82, 2.24) is 9.55 Å². The molecule has 1 aliphatic rings. The van der Waals surface area contributed by atoms with Gasteiger partial charge in [0.05, 0.1) is 25.4 Å². The number of nitrogens with zero attached hydrogens (tertiary/aromatic N) is 2. The van der Waals surface area contributed by atoms with Crippen LogP contribution in [0.15, 0.2) is 83.3 Å². The summed E-state index contributed by atoms with van der Waals surface area (Å²) in [6.45, 7) is 5.67. The smallest absolute Gasteiger partial charge is 0.352 e. The first-order chi connectivity index (χ1) is 21.4. The first-order valence-corrected chi connectivity index (χ1v) is 15.2. The highest BCUT2D eigenvalue weighted by Crippen LogP contribution is 2.28. The molecule has 2 aromatic heterocycles. The first-order valence-electron chi connectivity index (χ1n) is 15.2. The molecule has 0 saturated heterocycles. The summed E-state index contributed by atoms with van der Waals surface area (Å²) < 4.78 is 26.3. The van der Waals surface area contributed by atoms with Crippen LogP contribution in [0.1, 0.15) is 58.8 Å². The summed E-state index contributed by atoms with van der Waals surface area (Å²) >= 11 is 0. The Morgan fingerprint density at radius 2 is 1.77 bits per heavy atom. The number of ether oxygens (including phenoxy) is 3. The van der Waals surface area contributed by atoms with E-state index in [4.69, 9.17) is 23.6 Å². The summed E-state index contributed by atoms with van der Waals surface area (Å²) in [4.78, 5) is 16.8. The van der Waals surface area contributed by atoms with Gasteiger partial charge in [0.25, 0.3) is 0 Å². The molecule has 6 rings (SSSR count). The maximum Gasteiger partial charge on any atom is 0.352 e. The van der Waals surface area contributed by atoms with Gasteiger partial charge >= 0.3 is 5.97 Å². The molecule has 0 spiro atoms. The minimum atomic E-state index is -0.965. The molecular weight excluding hydrogens is 556 g/mol. The van der Waals surface area contributed by atoms with Gasteiger partial charge in [-0.1, -0.05) is 48.0 Å². The molecule has 2 heterocycles. The molecule has 8 heteroatoms. The van der Waals surface area contributed by atoms with Gasteiger partial charge in [-0.15, -0.1) is 0 Å². The molecule has 2 atom stereocenters. The van der Waals surface area contributed by atoms with Crippen LogP contribution in [-0.2, 0) is 29.2 Å². The normalized spacial score (nSPS) is 16.8. The monoisotopic (exact) mass is 594 g/mol. The van der Waals surface area contributed by atoms with E-state index >= 15 is 0 Å². The molecule has 1 aliphatic carbocycles. The first kappa shape index (κ1) is 29.7. The van der Waals surface area contributed by atoms with Gasteiger partial charge in [-0.05, 0) is 81.5 Å². The summed E-state index contributed by atoms with van der Waals surface area (Å²) in [6, 6.07) is 25.5. The number of fused-ring (bicyclic) bond motifs is 1. The van der Waals surface area contributed by atoms with Crippen molar-refractivity contribution in [2.45, 2.75) is 71.5 Å². The number of benzene rings is 3. The lowest BCUT2D eigenvalue weighted by molar-refractivity contribution is -0.0523. The Balaban J connectivity index is 1.03. The van der Waals surface area contributed by atoms with Crippen molar-refractivity contribution in [2.75, 3.05) is 6.61 Å². The van der Waals surface area contributed by atoms with Crippen LogP contribution in [0.5, 0.6) is 5.75 Å². The maximum absolute atomic E-state index is 12.1. The van der Waals surface area contributed by atoms with Crippen molar-refractivity contribution in [3.05, 3.63) is 107 Å². The molecule has 228 valence electrons. The van der Waals surface area contributed by atoms with E-state index in [1.165, 1.54) is 0 Å². The molecule has 3 aromatic carbocycles. The topological polar surface area (TPSA) is 96.0 Å². The highest BCUT2D eigenvalue weighted by molar-refractivity contribution is 5.95. The fourth-order valence-corrected chi connectivity index (χ4v) is 5.87. The van der Waals surface area contributed by atoms with Crippen LogP contribution in [0, 0.1) is 13.8 Å². The van der Waals surface area contributed by atoms with E-state index in [2.05, 4.69) is 19.1 Å². The van der Waals surface area contributed by atoms with Crippen molar-refractivity contribution in [3.63, 3.8) is 0 Å². The molecular formula is C36H38N2O6. The number of aromatic carboxylic acids is 1. The number of rotatable bonds is 12. The van der Waals surface area contributed by atoms with Gasteiger partial charge in [0.15, 0.2) is 0 Å². The van der Waals surface area contributed by atoms with Gasteiger partial charge < -0.3 is 28.3 Å². The lowest BCUT2D eigenvalue weighted by Gasteiger charge is -2.29. The molecule has 44 heavy (non-hydrogen) atoms. The van der Waals surface area contributed by atoms with Crippen molar-refractivity contribution >= 4 is 16.9 Å². The van der Waals surface area contributed by atoms with E-state index in [1.807, 2.05) is 72.2 Å². The molecule has 1 saturated carbocycles. The summed E-state index contributed by atoms with van der Waals surface area (Å²) in [6.07, 6.45) is 3.87. The van der Waals surface area contributed by atoms with Gasteiger partial charge in [0.1, 0.15) is 29.5 Å². The average molecular weight is 595 g/mol. The summed E-state index contributed by atoms with van der Waals surface area (Å²) in [5.74, 6) is 1.12. The Morgan fingerprint density at radius 1 is 0.955 bits per heavy atom. The van der Waals surface area contributed by atoms with Crippen LogP contribution in [-0.4, -0.2) is 39.4 Å². The van der Waals surface area contributed by atoms with Gasteiger partial charge in [0.2, 0.25) is 5.89 Å². The number of carboxylic acid groups (broad SMARTS) is 1. The zero-order valence-corrected chi connectivity index (χ0v) is 25.2. The SMILES string of the molecule is Cc1cccc(-c2nc(COC3CCCC(OCCn4c(C(=O)O)cc5cc(OCc6ccccc6)ccc54)C3)c(C)o2)c1. The summed E-state index contributed by atoms with van der Waals surface area (Å²) in [7, 11) is 0. The number of hydrogen-bond acceptors (Lipinski definition) is 6. The quantitative estimate of drug-likeness (QED) is 0.158. The molecule has 5 aromatic rings. The number of carboxylic acids is 1. The number of oxazole rings is 1. The van der Waals surface area contributed by atoms with Crippen molar-refractivity contribution in [1.29, 1.82) is 0 Å². The predicted molar refractivity (Wildman–Crippen MR) is 168 cm³/mol. The van der Waals surface area contributed by atoms with Crippen molar-refractivity contribution in [3.8, 4) is 17.2 Å². The van der Waals surface area contributed by atoms with Crippen LogP contribution in [0.3, 0.4) is 0 Å². The van der Waals surface area contributed by atoms with Gasteiger partial charge in [-0.25, -0.2) is 9.78 Å². The zero-order chi connectivity index (χ0) is 30.5. The van der Waals surface area contributed by atoms with Crippen LogP contribution in [0.4, 0.5) is 0 Å². The van der Waals surface area contributed by atoms with Crippen LogP contribution in [0.25, 0.3) is 22.4 Å². The zero-order valence-electron chi connectivity index (χ0n) is 25.2. The molecule has 1 fully saturated rings. The van der Waals surface area contributed by atoms with E-state index < -0.39 is 5.97 Å². The molecule has 2 unspecified atom stereocenters. The second-order valence-corrected chi connectivity index (χ2v) is 11.5. The predicted octanol–water partition coefficient (Wildman–Crippen LogP) is 7.73. The molecule has 0 radical (unpaired) electrons. The van der Waals surface area contributed by atoms with E-state index in [1.54, 1.807) is 6.07 Å². The maximum atomic E-state index is 12.1. The van der Waals surface area contributed by atoms with Crippen LogP contribution < -0.4 is 4.74 Å². The fraction of sp³-hybridized carbons (Fsp3) is 0.333. The molecule has 0 amide bonds. The highest BCUT2D eigenvalue weighted by Gasteiger charge is 2.24. The Hall–Kier alpha value is -4.40. The number of carbonyl (C=O) groups is 1. The molecule has 0 bridgehead atoms. The Kier molecular flexibility index (Phi) is 9.09. The molecule has 8 nitrogen and oxygen atoms in total. The third kappa shape index (κ3) is 7.04. The second-order valence-electron chi connectivity index (χ2n) is 11.5. The minimum Gasteiger partial charge on any atom is -0.489 e. The number of aromatic nitrogens is 2. The van der Waals surface area contributed by atoms with Gasteiger partial charge in [-0.2, -0.15) is 0 Å². The summed E-state index contributed by atoms with van der Waals surface area (Å²) in [5.41, 5.74) is 5.09. The lowest BCUT2D eigenvalue weighted by atomic mass is 9.95. The second kappa shape index (κ2) is 13.5. The van der Waals surface area contributed by atoms with E-state index in [0.717, 1.165) is 64.7 Å². The highest BCUT2D eigenvalue weighted by atomic mass is 16.5. The van der Waals surface area contributed by atoms with E-state index in [-0.39, 0.29) is 17.9 Å². The fourth-order valence-electron chi connectivity index (χ4n) is 5.87. The van der Waals surface area contributed by atoms with Gasteiger partial charge in [-0.3, -0.25) is 0 Å². The van der Waals surface area contributed by atoms with E-state index in [0.29, 0.717) is 38.0 Å². The Bertz CT molecular complexity index is 1720. The summed E-state index contributed by atoms with van der Waals surface area (Å²) in [5, 5.41) is 10.7. The van der Waals surface area contributed by atoms with E-state index in [9.17, 15) is 9.90 Å². The third-order valence-corrected chi connectivity index (χ3v) is 8.20. The Labute approximate surface area is 257 Å². The van der Waals surface area contributed by atoms with Crippen LogP contribution >= 0.6 is 0 Å². The van der Waals surface area contributed by atoms with Crippen molar-refractivity contribution in [2.24, 2.45) is 0 Å². The Morgan fingerprint density at radius 3 is 2.57 bits per heavy atom. The minimum absolute atomic E-state index is 0.0584. The number of hydrogen-bond donors (Lipinski definition) is 1. The number of aryl methyl sites for hydroxylation is 2. The molecule has 0 aliphatic heterocycles. The van der Waals surface area contributed by atoms with Crippen LogP contribution in [0.2, 0.25) is 0 Å². The third-order valence-electron chi connectivity index (χ3n) is 8.20. The lowest BCUT2D eigenvalue weighted by Crippen LogP contribution is -2.29.